The van der Waals surface area contributed by atoms with Crippen molar-refractivity contribution in [1.29, 1.82) is 0 Å². The van der Waals surface area contributed by atoms with Gasteiger partial charge < -0.3 is 5.11 Å². The van der Waals surface area contributed by atoms with Gasteiger partial charge in [-0.15, -0.1) is 0 Å². The minimum absolute atomic E-state index is 0. The van der Waals surface area contributed by atoms with E-state index in [-0.39, 0.29) is 13.8 Å². The molecular formula is C10H14FNO2. The number of benzene rings is 1. The van der Waals surface area contributed by atoms with Gasteiger partial charge in [0.25, 0.3) is 5.79 Å². The molecule has 0 fully saturated rings. The molecule has 0 unspecified atom stereocenters. The van der Waals surface area contributed by atoms with Gasteiger partial charge in [0, 0.05) is 6.42 Å². The summed E-state index contributed by atoms with van der Waals surface area (Å²) in [6, 6.07) is 8.43. The highest BCUT2D eigenvalue weighted by Crippen LogP contribution is 2.12. The second-order valence-corrected chi connectivity index (χ2v) is 2.83. The average Bonchev–Trinajstić information content (AvgIpc) is 2.05. The Morgan fingerprint density at radius 3 is 2.36 bits per heavy atom. The fourth-order valence-electron chi connectivity index (χ4n) is 0.969. The van der Waals surface area contributed by atoms with Crippen molar-refractivity contribution in [3.63, 3.8) is 0 Å². The van der Waals surface area contributed by atoms with Crippen LogP contribution in [-0.2, 0) is 11.2 Å². The zero-order chi connectivity index (χ0) is 9.90. The van der Waals surface area contributed by atoms with Gasteiger partial charge in [-0.25, -0.2) is 9.18 Å². The molecule has 1 aromatic rings. The van der Waals surface area contributed by atoms with E-state index in [1.54, 1.807) is 30.3 Å². The predicted octanol–water partition coefficient (Wildman–Crippen LogP) is 1.57. The van der Waals surface area contributed by atoms with Gasteiger partial charge >= 0.3 is 5.97 Å². The molecule has 0 bridgehead atoms. The number of hydrogen-bond donors (Lipinski definition) is 2. The number of carboxylic acids is 1. The van der Waals surface area contributed by atoms with Gasteiger partial charge in [0.2, 0.25) is 0 Å². The molecule has 0 aliphatic heterocycles. The van der Waals surface area contributed by atoms with Crippen LogP contribution in [0.4, 0.5) is 4.39 Å². The maximum atomic E-state index is 13.1. The van der Waals surface area contributed by atoms with Gasteiger partial charge in [-0.05, 0) is 5.56 Å². The average molecular weight is 199 g/mol. The van der Waals surface area contributed by atoms with Crippen molar-refractivity contribution in [3.05, 3.63) is 35.9 Å². The molecule has 78 valence electrons. The third-order valence-corrected chi connectivity index (χ3v) is 1.66. The van der Waals surface area contributed by atoms with Crippen LogP contribution >= 0.6 is 0 Å². The lowest BCUT2D eigenvalue weighted by Gasteiger charge is -2.14. The molecule has 0 amide bonds. The van der Waals surface area contributed by atoms with E-state index in [9.17, 15) is 9.18 Å². The van der Waals surface area contributed by atoms with Crippen molar-refractivity contribution in [2.75, 3.05) is 0 Å². The van der Waals surface area contributed by atoms with Crippen LogP contribution < -0.4 is 5.73 Å². The highest BCUT2D eigenvalue weighted by atomic mass is 19.1. The SMILES string of the molecule is C.N[C@@](F)(Cc1ccccc1)C(=O)O. The molecule has 1 aromatic carbocycles. The summed E-state index contributed by atoms with van der Waals surface area (Å²) in [6.45, 7) is 0. The Kier molecular flexibility index (Phi) is 4.24. The minimum atomic E-state index is -2.68. The molecule has 14 heavy (non-hydrogen) atoms. The Morgan fingerprint density at radius 2 is 1.93 bits per heavy atom. The van der Waals surface area contributed by atoms with E-state index < -0.39 is 11.8 Å². The van der Waals surface area contributed by atoms with Gasteiger partial charge in [-0.2, -0.15) is 0 Å². The van der Waals surface area contributed by atoms with Gasteiger partial charge in [-0.1, -0.05) is 37.8 Å². The summed E-state index contributed by atoms with van der Waals surface area (Å²) < 4.78 is 13.1. The lowest BCUT2D eigenvalue weighted by Crippen LogP contribution is -2.45. The molecule has 0 aliphatic carbocycles. The summed E-state index contributed by atoms with van der Waals surface area (Å²) >= 11 is 0. The van der Waals surface area contributed by atoms with Crippen LogP contribution in [0.2, 0.25) is 0 Å². The quantitative estimate of drug-likeness (QED) is 0.726. The van der Waals surface area contributed by atoms with Crippen LogP contribution in [0.25, 0.3) is 0 Å². The summed E-state index contributed by atoms with van der Waals surface area (Å²) in [6.07, 6.45) is -0.316. The first-order valence-corrected chi connectivity index (χ1v) is 3.77. The van der Waals surface area contributed by atoms with Gasteiger partial charge in [0.05, 0.1) is 0 Å². The molecule has 0 saturated carbocycles. The lowest BCUT2D eigenvalue weighted by molar-refractivity contribution is -0.150. The van der Waals surface area contributed by atoms with Crippen molar-refractivity contribution in [2.45, 2.75) is 19.6 Å². The minimum Gasteiger partial charge on any atom is -0.478 e. The maximum Gasteiger partial charge on any atom is 0.356 e. The first kappa shape index (κ1) is 12.6. The molecule has 1 atom stereocenters. The highest BCUT2D eigenvalue weighted by molar-refractivity contribution is 5.76. The second-order valence-electron chi connectivity index (χ2n) is 2.83. The third-order valence-electron chi connectivity index (χ3n) is 1.66. The normalized spacial score (nSPS) is 13.9. The van der Waals surface area contributed by atoms with Crippen molar-refractivity contribution in [3.8, 4) is 0 Å². The van der Waals surface area contributed by atoms with Gasteiger partial charge in [0.15, 0.2) is 0 Å². The standard InChI is InChI=1S/C9H10FNO2.CH4/c10-9(11,8(12)13)6-7-4-2-1-3-5-7;/h1-5H,6,11H2,(H,12,13);1H4/t9-;/m0./s1. The Balaban J connectivity index is 0.00000169. The molecule has 0 aliphatic rings. The number of carbonyl (C=O) groups is 1. The molecule has 0 heterocycles. The fourth-order valence-corrected chi connectivity index (χ4v) is 0.969. The Hall–Kier alpha value is -1.42. The number of halogens is 1. The van der Waals surface area contributed by atoms with Gasteiger partial charge in [-0.3, -0.25) is 5.73 Å². The number of alkyl halides is 1. The number of nitrogens with two attached hydrogens (primary N) is 1. The molecule has 0 aromatic heterocycles. The summed E-state index contributed by atoms with van der Waals surface area (Å²) in [5.74, 6) is -4.32. The van der Waals surface area contributed by atoms with Crippen LogP contribution in [-0.4, -0.2) is 16.9 Å². The predicted molar refractivity (Wildman–Crippen MR) is 52.5 cm³/mol. The lowest BCUT2D eigenvalue weighted by atomic mass is 10.1. The van der Waals surface area contributed by atoms with Crippen molar-refractivity contribution >= 4 is 5.97 Å². The number of aliphatic carboxylic acids is 1. The summed E-state index contributed by atoms with van der Waals surface area (Å²) in [4.78, 5) is 10.3. The van der Waals surface area contributed by atoms with Crippen LogP contribution in [0.15, 0.2) is 30.3 Å². The largest absolute Gasteiger partial charge is 0.478 e. The molecule has 0 saturated heterocycles. The molecular weight excluding hydrogens is 185 g/mol. The number of rotatable bonds is 3. The van der Waals surface area contributed by atoms with E-state index in [1.165, 1.54) is 0 Å². The highest BCUT2D eigenvalue weighted by Gasteiger charge is 2.33. The Morgan fingerprint density at radius 1 is 1.43 bits per heavy atom. The van der Waals surface area contributed by atoms with E-state index in [1.807, 2.05) is 0 Å². The molecule has 1 rings (SSSR count). The number of carboxylic acid groups (broad SMARTS) is 1. The van der Waals surface area contributed by atoms with Crippen molar-refractivity contribution < 1.29 is 14.3 Å². The van der Waals surface area contributed by atoms with Gasteiger partial charge in [0.1, 0.15) is 0 Å². The molecule has 0 spiro atoms. The Labute approximate surface area is 82.4 Å². The maximum absolute atomic E-state index is 13.1. The molecule has 4 heteroatoms. The summed E-state index contributed by atoms with van der Waals surface area (Å²) in [5, 5.41) is 8.40. The van der Waals surface area contributed by atoms with Crippen molar-refractivity contribution in [1.82, 2.24) is 0 Å². The van der Waals surface area contributed by atoms with E-state index in [0.717, 1.165) is 0 Å². The molecule has 0 radical (unpaired) electrons. The first-order chi connectivity index (χ1) is 6.02. The third kappa shape index (κ3) is 3.14. The monoisotopic (exact) mass is 199 g/mol. The summed E-state index contributed by atoms with van der Waals surface area (Å²) in [7, 11) is 0. The first-order valence-electron chi connectivity index (χ1n) is 3.77. The van der Waals surface area contributed by atoms with Crippen LogP contribution in [0.3, 0.4) is 0 Å². The van der Waals surface area contributed by atoms with E-state index in [2.05, 4.69) is 0 Å². The van der Waals surface area contributed by atoms with E-state index >= 15 is 0 Å². The molecule has 3 nitrogen and oxygen atoms in total. The van der Waals surface area contributed by atoms with E-state index in [4.69, 9.17) is 10.8 Å². The smallest absolute Gasteiger partial charge is 0.356 e. The van der Waals surface area contributed by atoms with Crippen LogP contribution in [0.1, 0.15) is 13.0 Å². The van der Waals surface area contributed by atoms with Crippen LogP contribution in [0, 0.1) is 0 Å². The zero-order valence-electron chi connectivity index (χ0n) is 6.90. The Bertz CT molecular complexity index is 298. The zero-order valence-corrected chi connectivity index (χ0v) is 6.90. The number of hydrogen-bond acceptors (Lipinski definition) is 2. The summed E-state index contributed by atoms with van der Waals surface area (Å²) in [5.41, 5.74) is 5.49. The van der Waals surface area contributed by atoms with Crippen LogP contribution in [0.5, 0.6) is 0 Å². The topological polar surface area (TPSA) is 63.3 Å². The van der Waals surface area contributed by atoms with E-state index in [0.29, 0.717) is 5.56 Å². The molecule has 3 N–H and O–H groups in total. The fraction of sp³-hybridized carbons (Fsp3) is 0.300. The second kappa shape index (κ2) is 4.72. The van der Waals surface area contributed by atoms with Crippen molar-refractivity contribution in [2.24, 2.45) is 5.73 Å².